The average molecular weight is 344 g/mol. The smallest absolute Gasteiger partial charge is 0.412 e. The lowest BCUT2D eigenvalue weighted by molar-refractivity contribution is -0.142. The number of carbonyl (C=O) groups is 2. The first-order chi connectivity index (χ1) is 10.2. The van der Waals surface area contributed by atoms with Crippen molar-refractivity contribution in [1.29, 1.82) is 0 Å². The van der Waals surface area contributed by atoms with Crippen molar-refractivity contribution in [3.8, 4) is 0 Å². The summed E-state index contributed by atoms with van der Waals surface area (Å²) >= 11 is 7.28. The van der Waals surface area contributed by atoms with Crippen molar-refractivity contribution >= 4 is 35.4 Å². The van der Waals surface area contributed by atoms with Crippen LogP contribution in [0.25, 0.3) is 0 Å². The Balaban J connectivity index is 2.30. The van der Waals surface area contributed by atoms with Crippen molar-refractivity contribution < 1.29 is 19.4 Å². The van der Waals surface area contributed by atoms with Crippen molar-refractivity contribution in [3.63, 3.8) is 0 Å². The van der Waals surface area contributed by atoms with Gasteiger partial charge in [-0.15, -0.1) is 11.8 Å². The van der Waals surface area contributed by atoms with Crippen LogP contribution < -0.4 is 0 Å². The van der Waals surface area contributed by atoms with Gasteiger partial charge in [0.15, 0.2) is 0 Å². The van der Waals surface area contributed by atoms with E-state index in [0.717, 1.165) is 5.56 Å². The summed E-state index contributed by atoms with van der Waals surface area (Å²) in [4.78, 5) is 25.1. The first-order valence-corrected chi connectivity index (χ1v) is 8.23. The highest BCUT2D eigenvalue weighted by atomic mass is 35.5. The molecule has 1 N–H and O–H groups in total. The molecule has 7 heteroatoms. The number of benzene rings is 1. The summed E-state index contributed by atoms with van der Waals surface area (Å²) in [5.41, 5.74) is 0.141. The summed E-state index contributed by atoms with van der Waals surface area (Å²) in [6.45, 7) is 5.25. The van der Waals surface area contributed by atoms with E-state index in [1.807, 2.05) is 0 Å². The molecule has 1 aliphatic heterocycles. The quantitative estimate of drug-likeness (QED) is 0.885. The molecular weight excluding hydrogens is 326 g/mol. The summed E-state index contributed by atoms with van der Waals surface area (Å²) in [6, 6.07) is 6.13. The summed E-state index contributed by atoms with van der Waals surface area (Å²) in [7, 11) is 0. The fourth-order valence-electron chi connectivity index (χ4n) is 2.12. The van der Waals surface area contributed by atoms with Gasteiger partial charge in [0, 0.05) is 10.8 Å². The van der Waals surface area contributed by atoms with E-state index >= 15 is 0 Å². The number of carboxylic acids is 1. The van der Waals surface area contributed by atoms with Crippen LogP contribution in [0.15, 0.2) is 24.3 Å². The van der Waals surface area contributed by atoms with Gasteiger partial charge in [-0.3, -0.25) is 4.90 Å². The number of nitrogens with zero attached hydrogens (tertiary/aromatic N) is 1. The normalized spacial score (nSPS) is 21.7. The maximum atomic E-state index is 12.4. The molecule has 0 aromatic heterocycles. The molecular formula is C15H18ClNO4S. The highest BCUT2D eigenvalue weighted by molar-refractivity contribution is 7.99. The zero-order valence-electron chi connectivity index (χ0n) is 12.6. The van der Waals surface area contributed by atoms with Gasteiger partial charge < -0.3 is 9.84 Å². The molecule has 1 fully saturated rings. The van der Waals surface area contributed by atoms with Crippen LogP contribution in [0.4, 0.5) is 4.79 Å². The van der Waals surface area contributed by atoms with Gasteiger partial charge in [-0.25, -0.2) is 9.59 Å². The molecule has 0 unspecified atom stereocenters. The molecule has 2 rings (SSSR count). The number of hydrogen-bond donors (Lipinski definition) is 1. The molecule has 0 saturated carbocycles. The fraction of sp³-hybridized carbons (Fsp3) is 0.467. The number of thioether (sulfide) groups is 1. The van der Waals surface area contributed by atoms with Crippen LogP contribution in [0.3, 0.4) is 0 Å². The van der Waals surface area contributed by atoms with Gasteiger partial charge in [-0.05, 0) is 38.5 Å². The third-order valence-corrected chi connectivity index (χ3v) is 4.62. The molecule has 0 spiro atoms. The molecule has 0 radical (unpaired) electrons. The highest BCUT2D eigenvalue weighted by Gasteiger charge is 2.44. The predicted molar refractivity (Wildman–Crippen MR) is 86.1 cm³/mol. The molecule has 0 bridgehead atoms. The Labute approximate surface area is 138 Å². The lowest BCUT2D eigenvalue weighted by atomic mass is 10.2. The lowest BCUT2D eigenvalue weighted by Crippen LogP contribution is -2.45. The zero-order valence-corrected chi connectivity index (χ0v) is 14.1. The Morgan fingerprint density at radius 3 is 2.41 bits per heavy atom. The molecule has 120 valence electrons. The maximum absolute atomic E-state index is 12.4. The number of halogens is 1. The van der Waals surface area contributed by atoms with Crippen molar-refractivity contribution in [1.82, 2.24) is 4.90 Å². The largest absolute Gasteiger partial charge is 0.480 e. The zero-order chi connectivity index (χ0) is 16.5. The minimum absolute atomic E-state index is 0.321. The van der Waals surface area contributed by atoms with E-state index in [4.69, 9.17) is 16.3 Å². The Morgan fingerprint density at radius 2 is 1.91 bits per heavy atom. The second kappa shape index (κ2) is 6.38. The number of rotatable bonds is 2. The van der Waals surface area contributed by atoms with Gasteiger partial charge in [-0.2, -0.15) is 0 Å². The molecule has 5 nitrogen and oxygen atoms in total. The van der Waals surface area contributed by atoms with Crippen molar-refractivity contribution in [2.75, 3.05) is 5.75 Å². The van der Waals surface area contributed by atoms with E-state index < -0.39 is 29.1 Å². The number of hydrogen-bond acceptors (Lipinski definition) is 4. The Bertz CT molecular complexity index is 570. The van der Waals surface area contributed by atoms with Gasteiger partial charge in [0.05, 0.1) is 0 Å². The molecule has 1 aromatic rings. The fourth-order valence-corrected chi connectivity index (χ4v) is 3.66. The van der Waals surface area contributed by atoms with Gasteiger partial charge in [0.25, 0.3) is 0 Å². The highest BCUT2D eigenvalue weighted by Crippen LogP contribution is 2.42. The second-order valence-corrected chi connectivity index (χ2v) is 7.53. The Morgan fingerprint density at radius 1 is 1.32 bits per heavy atom. The van der Waals surface area contributed by atoms with E-state index in [0.29, 0.717) is 10.8 Å². The van der Waals surface area contributed by atoms with Crippen LogP contribution in [0, 0.1) is 0 Å². The molecule has 22 heavy (non-hydrogen) atoms. The minimum Gasteiger partial charge on any atom is -0.480 e. The number of amides is 1. The van der Waals surface area contributed by atoms with E-state index in [1.54, 1.807) is 45.0 Å². The Kier molecular flexibility index (Phi) is 4.92. The molecule has 1 amide bonds. The number of aliphatic carboxylic acids is 1. The monoisotopic (exact) mass is 343 g/mol. The number of ether oxygens (including phenoxy) is 1. The van der Waals surface area contributed by atoms with E-state index in [2.05, 4.69) is 0 Å². The van der Waals surface area contributed by atoms with Crippen LogP contribution in [0.1, 0.15) is 31.7 Å². The molecule has 2 atom stereocenters. The summed E-state index contributed by atoms with van der Waals surface area (Å²) < 4.78 is 5.36. The third kappa shape index (κ3) is 3.87. The molecule has 1 heterocycles. The van der Waals surface area contributed by atoms with Crippen LogP contribution in [0.2, 0.25) is 5.02 Å². The topological polar surface area (TPSA) is 66.8 Å². The van der Waals surface area contributed by atoms with Gasteiger partial charge in [0.2, 0.25) is 0 Å². The van der Waals surface area contributed by atoms with Gasteiger partial charge >= 0.3 is 12.1 Å². The SMILES string of the molecule is CC(C)(C)OC(=O)N1[C@@H](C(=O)O)CS[C@H]1c1ccc(Cl)cc1. The van der Waals surface area contributed by atoms with Crippen LogP contribution in [-0.2, 0) is 9.53 Å². The summed E-state index contributed by atoms with van der Waals surface area (Å²) in [5.74, 6) is -0.711. The average Bonchev–Trinajstić information content (AvgIpc) is 2.82. The third-order valence-electron chi connectivity index (χ3n) is 3.04. The molecule has 0 aliphatic carbocycles. The Hall–Kier alpha value is -1.40. The van der Waals surface area contributed by atoms with E-state index in [9.17, 15) is 14.7 Å². The summed E-state index contributed by atoms with van der Waals surface area (Å²) in [6.07, 6.45) is -0.621. The number of carboxylic acid groups (broad SMARTS) is 1. The minimum atomic E-state index is -1.03. The van der Waals surface area contributed by atoms with Gasteiger partial charge in [-0.1, -0.05) is 23.7 Å². The predicted octanol–water partition coefficient (Wildman–Crippen LogP) is 3.78. The van der Waals surface area contributed by atoms with Gasteiger partial charge in [0.1, 0.15) is 17.0 Å². The van der Waals surface area contributed by atoms with Crippen molar-refractivity contribution in [2.45, 2.75) is 37.8 Å². The first-order valence-electron chi connectivity index (χ1n) is 6.80. The van der Waals surface area contributed by atoms with Crippen LogP contribution in [-0.4, -0.2) is 39.5 Å². The van der Waals surface area contributed by atoms with E-state index in [1.165, 1.54) is 16.7 Å². The number of carbonyl (C=O) groups excluding carboxylic acids is 1. The van der Waals surface area contributed by atoms with Crippen molar-refractivity contribution in [3.05, 3.63) is 34.9 Å². The van der Waals surface area contributed by atoms with Crippen molar-refractivity contribution in [2.24, 2.45) is 0 Å². The lowest BCUT2D eigenvalue weighted by Gasteiger charge is -2.30. The van der Waals surface area contributed by atoms with E-state index in [-0.39, 0.29) is 0 Å². The summed E-state index contributed by atoms with van der Waals surface area (Å²) in [5, 5.41) is 9.55. The molecule has 1 aliphatic rings. The molecule has 1 saturated heterocycles. The van der Waals surface area contributed by atoms with Crippen LogP contribution in [0.5, 0.6) is 0 Å². The first kappa shape index (κ1) is 17.0. The second-order valence-electron chi connectivity index (χ2n) is 5.98. The maximum Gasteiger partial charge on any atom is 0.412 e. The van der Waals surface area contributed by atoms with Crippen LogP contribution >= 0.6 is 23.4 Å². The standard InChI is InChI=1S/C15H18ClNO4S/c1-15(2,3)21-14(20)17-11(13(18)19)8-22-12(17)9-4-6-10(16)7-5-9/h4-7,11-12H,8H2,1-3H3,(H,18,19)/t11-,12+/m1/s1. The molecule has 1 aromatic carbocycles.